The molecule has 5 nitrogen and oxygen atoms in total. The van der Waals surface area contributed by atoms with Gasteiger partial charge in [0.2, 0.25) is 11.2 Å². The normalized spacial score (nSPS) is 10.3. The van der Waals surface area contributed by atoms with Gasteiger partial charge in [0, 0.05) is 6.54 Å². The lowest BCUT2D eigenvalue weighted by Gasteiger charge is -2.07. The molecular formula is C11H9BrClFN4O. The van der Waals surface area contributed by atoms with E-state index in [1.165, 1.54) is 18.2 Å². The minimum absolute atomic E-state index is 0.0131. The Balaban J connectivity index is 2.27. The zero-order valence-electron chi connectivity index (χ0n) is 9.82. The van der Waals surface area contributed by atoms with Crippen LogP contribution in [0.5, 0.6) is 11.8 Å². The van der Waals surface area contributed by atoms with Crippen molar-refractivity contribution in [3.63, 3.8) is 0 Å². The Kier molecular flexibility index (Phi) is 4.49. The molecule has 1 N–H and O–H groups in total. The van der Waals surface area contributed by atoms with Gasteiger partial charge in [-0.3, -0.25) is 0 Å². The molecule has 0 aliphatic rings. The van der Waals surface area contributed by atoms with Gasteiger partial charge >= 0.3 is 6.01 Å². The first-order valence-corrected chi connectivity index (χ1v) is 6.54. The molecule has 0 fully saturated rings. The molecule has 0 saturated heterocycles. The third-order valence-corrected chi connectivity index (χ3v) is 2.81. The van der Waals surface area contributed by atoms with Crippen molar-refractivity contribution in [3.05, 3.63) is 33.8 Å². The van der Waals surface area contributed by atoms with Crippen LogP contribution in [0.25, 0.3) is 0 Å². The second-order valence-corrected chi connectivity index (χ2v) is 4.61. The molecule has 0 spiro atoms. The fourth-order valence-corrected chi connectivity index (χ4v) is 1.86. The van der Waals surface area contributed by atoms with Crippen LogP contribution in [0, 0.1) is 5.82 Å². The van der Waals surface area contributed by atoms with Crippen molar-refractivity contribution in [2.75, 3.05) is 11.9 Å². The number of nitrogens with one attached hydrogen (secondary N) is 1. The number of anilines is 1. The summed E-state index contributed by atoms with van der Waals surface area (Å²) in [7, 11) is 0. The highest BCUT2D eigenvalue weighted by Gasteiger charge is 2.09. The molecule has 0 bridgehead atoms. The summed E-state index contributed by atoms with van der Waals surface area (Å²) in [6.07, 6.45) is 0. The lowest BCUT2D eigenvalue weighted by atomic mass is 10.3. The molecular weight excluding hydrogens is 339 g/mol. The Hall–Kier alpha value is -1.47. The van der Waals surface area contributed by atoms with Crippen LogP contribution in [0.3, 0.4) is 0 Å². The molecule has 8 heteroatoms. The van der Waals surface area contributed by atoms with Gasteiger partial charge in [-0.25, -0.2) is 4.39 Å². The summed E-state index contributed by atoms with van der Waals surface area (Å²) in [5, 5.41) is 2.91. The third kappa shape index (κ3) is 3.74. The number of hydrogen-bond donors (Lipinski definition) is 1. The van der Waals surface area contributed by atoms with Gasteiger partial charge in [-0.05, 0) is 52.7 Å². The van der Waals surface area contributed by atoms with E-state index in [4.69, 9.17) is 16.3 Å². The summed E-state index contributed by atoms with van der Waals surface area (Å²) in [6.45, 7) is 2.54. The van der Waals surface area contributed by atoms with E-state index in [1.807, 2.05) is 6.92 Å². The van der Waals surface area contributed by atoms with Crippen LogP contribution < -0.4 is 10.1 Å². The lowest BCUT2D eigenvalue weighted by Crippen LogP contribution is -2.05. The Morgan fingerprint density at radius 2 is 2.16 bits per heavy atom. The molecule has 1 heterocycles. The second-order valence-electron chi connectivity index (χ2n) is 3.42. The maximum absolute atomic E-state index is 13.0. The summed E-state index contributed by atoms with van der Waals surface area (Å²) < 4.78 is 18.8. The molecule has 0 aliphatic heterocycles. The van der Waals surface area contributed by atoms with Crippen LogP contribution in [0.4, 0.5) is 10.3 Å². The fraction of sp³-hybridized carbons (Fsp3) is 0.182. The molecule has 19 heavy (non-hydrogen) atoms. The Morgan fingerprint density at radius 3 is 2.84 bits per heavy atom. The number of halogens is 3. The van der Waals surface area contributed by atoms with Crippen molar-refractivity contribution in [1.29, 1.82) is 0 Å². The van der Waals surface area contributed by atoms with E-state index in [0.29, 0.717) is 22.7 Å². The van der Waals surface area contributed by atoms with Crippen LogP contribution in [0.1, 0.15) is 6.92 Å². The number of aromatic nitrogens is 3. The Bertz CT molecular complexity index is 599. The van der Waals surface area contributed by atoms with Gasteiger partial charge in [-0.1, -0.05) is 0 Å². The first-order valence-electron chi connectivity index (χ1n) is 5.37. The SMILES string of the molecule is CCNc1nc(Cl)nc(Oc2ccc(F)cc2Br)n1. The van der Waals surface area contributed by atoms with E-state index in [0.717, 1.165) is 0 Å². The van der Waals surface area contributed by atoms with Gasteiger partial charge < -0.3 is 10.1 Å². The molecule has 0 atom stereocenters. The maximum atomic E-state index is 13.0. The summed E-state index contributed by atoms with van der Waals surface area (Å²) in [6, 6.07) is 4.05. The Morgan fingerprint density at radius 1 is 1.37 bits per heavy atom. The zero-order chi connectivity index (χ0) is 13.8. The van der Waals surface area contributed by atoms with Crippen molar-refractivity contribution >= 4 is 33.5 Å². The highest BCUT2D eigenvalue weighted by molar-refractivity contribution is 9.10. The first-order chi connectivity index (χ1) is 9.08. The molecule has 2 rings (SSSR count). The average Bonchev–Trinajstić information content (AvgIpc) is 2.32. The molecule has 2 aromatic rings. The number of ether oxygens (including phenoxy) is 1. The number of nitrogens with zero attached hydrogens (tertiary/aromatic N) is 3. The standard InChI is InChI=1S/C11H9BrClFN4O/c1-2-15-10-16-9(13)17-11(18-10)19-8-4-3-6(14)5-7(8)12/h3-5H,2H2,1H3,(H,15,16,17,18). The van der Waals surface area contributed by atoms with E-state index < -0.39 is 0 Å². The minimum atomic E-state index is -0.374. The van der Waals surface area contributed by atoms with Gasteiger partial charge in [0.05, 0.1) is 4.47 Å². The van der Waals surface area contributed by atoms with Crippen LogP contribution in [0.2, 0.25) is 5.28 Å². The van der Waals surface area contributed by atoms with Crippen molar-refractivity contribution in [2.45, 2.75) is 6.92 Å². The van der Waals surface area contributed by atoms with Gasteiger partial charge in [0.15, 0.2) is 0 Å². The topological polar surface area (TPSA) is 59.9 Å². The van der Waals surface area contributed by atoms with Crippen LogP contribution in [0.15, 0.2) is 22.7 Å². The monoisotopic (exact) mass is 346 g/mol. The van der Waals surface area contributed by atoms with Gasteiger partial charge in [0.25, 0.3) is 0 Å². The van der Waals surface area contributed by atoms with Crippen molar-refractivity contribution < 1.29 is 9.13 Å². The number of benzene rings is 1. The summed E-state index contributed by atoms with van der Waals surface area (Å²) in [5.74, 6) is 0.322. The van der Waals surface area contributed by atoms with E-state index in [1.54, 1.807) is 0 Å². The smallest absolute Gasteiger partial charge is 0.328 e. The molecule has 0 unspecified atom stereocenters. The highest BCUT2D eigenvalue weighted by Crippen LogP contribution is 2.29. The van der Waals surface area contributed by atoms with Gasteiger partial charge in [0.1, 0.15) is 11.6 Å². The van der Waals surface area contributed by atoms with Crippen molar-refractivity contribution in [3.8, 4) is 11.8 Å². The zero-order valence-corrected chi connectivity index (χ0v) is 12.2. The largest absolute Gasteiger partial charge is 0.423 e. The minimum Gasteiger partial charge on any atom is -0.423 e. The average molecular weight is 348 g/mol. The molecule has 0 saturated carbocycles. The summed E-state index contributed by atoms with van der Waals surface area (Å²) >= 11 is 8.95. The molecule has 0 radical (unpaired) electrons. The first kappa shape index (κ1) is 14.0. The fourth-order valence-electron chi connectivity index (χ4n) is 1.27. The maximum Gasteiger partial charge on any atom is 0.328 e. The third-order valence-electron chi connectivity index (χ3n) is 2.02. The molecule has 100 valence electrons. The van der Waals surface area contributed by atoms with Crippen molar-refractivity contribution in [2.24, 2.45) is 0 Å². The summed E-state index contributed by atoms with van der Waals surface area (Å²) in [4.78, 5) is 11.8. The summed E-state index contributed by atoms with van der Waals surface area (Å²) in [5.41, 5.74) is 0. The van der Waals surface area contributed by atoms with Gasteiger partial charge in [-0.2, -0.15) is 15.0 Å². The van der Waals surface area contributed by atoms with Crippen molar-refractivity contribution in [1.82, 2.24) is 15.0 Å². The van der Waals surface area contributed by atoms with E-state index >= 15 is 0 Å². The second kappa shape index (κ2) is 6.12. The van der Waals surface area contributed by atoms with Gasteiger partial charge in [-0.15, -0.1) is 0 Å². The van der Waals surface area contributed by atoms with Crippen LogP contribution in [-0.4, -0.2) is 21.5 Å². The van der Waals surface area contributed by atoms with Crippen LogP contribution in [-0.2, 0) is 0 Å². The Labute approximate surface area is 122 Å². The molecule has 1 aromatic carbocycles. The molecule has 0 aliphatic carbocycles. The molecule has 1 aromatic heterocycles. The lowest BCUT2D eigenvalue weighted by molar-refractivity contribution is 0.436. The van der Waals surface area contributed by atoms with E-state index in [2.05, 4.69) is 36.2 Å². The van der Waals surface area contributed by atoms with Crippen LogP contribution >= 0.6 is 27.5 Å². The predicted molar refractivity (Wildman–Crippen MR) is 73.2 cm³/mol. The van der Waals surface area contributed by atoms with E-state index in [9.17, 15) is 4.39 Å². The number of hydrogen-bond acceptors (Lipinski definition) is 5. The number of rotatable bonds is 4. The highest BCUT2D eigenvalue weighted by atomic mass is 79.9. The molecule has 0 amide bonds. The van der Waals surface area contributed by atoms with E-state index in [-0.39, 0.29) is 17.1 Å². The predicted octanol–water partition coefficient (Wildman–Crippen LogP) is 3.65. The quantitative estimate of drug-likeness (QED) is 0.915.